The fourth-order valence-corrected chi connectivity index (χ4v) is 0.236. The normalized spacial score (nSPS) is 9.00. The maximum absolute atomic E-state index is 9.59. The number of rotatable bonds is 1. The molecule has 0 atom stereocenters. The van der Waals surface area contributed by atoms with E-state index in [1.54, 1.807) is 13.8 Å². The highest BCUT2D eigenvalue weighted by molar-refractivity contribution is 5.62. The molecule has 0 saturated carbocycles. The third kappa shape index (κ3) is 46.2. The van der Waals surface area contributed by atoms with Crippen LogP contribution in [0.4, 0.5) is 4.79 Å². The van der Waals surface area contributed by atoms with Gasteiger partial charge < -0.3 is 21.0 Å². The lowest BCUT2D eigenvalue weighted by Crippen LogP contribution is -2.57. The molecule has 0 unspecified atom stereocenters. The average molecular weight is 162 g/mol. The van der Waals surface area contributed by atoms with Gasteiger partial charge in [0.15, 0.2) is 0 Å². The number of hydrogen-bond donors (Lipinski definition) is 2. The van der Waals surface area contributed by atoms with Gasteiger partial charge in [-0.05, 0) is 27.7 Å². The quantitative estimate of drug-likeness (QED) is 0.516. The number of amides is 1. The monoisotopic (exact) mass is 162 g/mol. The van der Waals surface area contributed by atoms with E-state index in [1.165, 1.54) is 0 Å². The van der Waals surface area contributed by atoms with E-state index >= 15 is 0 Å². The molecule has 0 fully saturated rings. The second-order valence-corrected chi connectivity index (χ2v) is 2.98. The van der Waals surface area contributed by atoms with Crippen LogP contribution < -0.4 is 16.2 Å². The van der Waals surface area contributed by atoms with Gasteiger partial charge in [0.05, 0.1) is 6.04 Å². The van der Waals surface area contributed by atoms with Crippen LogP contribution in [0.3, 0.4) is 0 Å². The smallest absolute Gasteiger partial charge is 0.134 e. The van der Waals surface area contributed by atoms with Crippen LogP contribution in [0.15, 0.2) is 0 Å². The zero-order valence-electron chi connectivity index (χ0n) is 7.68. The van der Waals surface area contributed by atoms with Crippen LogP contribution >= 0.6 is 0 Å². The maximum Gasteiger partial charge on any atom is 0.134 e. The maximum atomic E-state index is 9.59. The van der Waals surface area contributed by atoms with E-state index in [9.17, 15) is 9.90 Å². The van der Waals surface area contributed by atoms with Gasteiger partial charge in [0, 0.05) is 6.04 Å². The summed E-state index contributed by atoms with van der Waals surface area (Å²) in [7, 11) is 0. The molecule has 0 spiro atoms. The van der Waals surface area contributed by atoms with Crippen LogP contribution in [0.5, 0.6) is 0 Å². The van der Waals surface area contributed by atoms with Crippen molar-refractivity contribution in [3.63, 3.8) is 0 Å². The van der Waals surface area contributed by atoms with Crippen molar-refractivity contribution in [2.45, 2.75) is 39.8 Å². The van der Waals surface area contributed by atoms with Crippen molar-refractivity contribution in [3.05, 3.63) is 0 Å². The Morgan fingerprint density at radius 1 is 1.36 bits per heavy atom. The first-order valence-corrected chi connectivity index (χ1v) is 3.66. The van der Waals surface area contributed by atoms with Gasteiger partial charge >= 0.3 is 0 Å². The number of carboxylic acid groups (broad SMARTS) is 1. The van der Waals surface area contributed by atoms with Crippen molar-refractivity contribution in [1.82, 2.24) is 5.32 Å². The highest BCUT2D eigenvalue weighted by Gasteiger charge is 1.85. The molecule has 0 rings (SSSR count). The summed E-state index contributed by atoms with van der Waals surface area (Å²) in [6.45, 7) is 7.57. The Morgan fingerprint density at radius 3 is 1.64 bits per heavy atom. The van der Waals surface area contributed by atoms with E-state index in [0.29, 0.717) is 6.04 Å². The van der Waals surface area contributed by atoms with E-state index in [0.717, 1.165) is 0 Å². The molecular weight excluding hydrogens is 144 g/mol. The van der Waals surface area contributed by atoms with Crippen LogP contribution in [0.25, 0.3) is 0 Å². The van der Waals surface area contributed by atoms with E-state index in [2.05, 4.69) is 24.9 Å². The summed E-state index contributed by atoms with van der Waals surface area (Å²) in [5.41, 5.74) is 3.64. The number of hydrogen-bond acceptors (Lipinski definition) is 2. The summed E-state index contributed by atoms with van der Waals surface area (Å²) < 4.78 is 0. The molecule has 4 N–H and O–H groups in total. The van der Waals surface area contributed by atoms with Gasteiger partial charge in [0.1, 0.15) is 6.09 Å². The van der Waals surface area contributed by atoms with Gasteiger partial charge in [-0.1, -0.05) is 0 Å². The third-order valence-electron chi connectivity index (χ3n) is 0.407. The number of nitrogens with one attached hydrogen (secondary N) is 1. The van der Waals surface area contributed by atoms with Crippen LogP contribution in [0.1, 0.15) is 27.7 Å². The van der Waals surface area contributed by atoms with E-state index in [1.807, 2.05) is 0 Å². The lowest BCUT2D eigenvalue weighted by atomic mass is 10.4. The minimum Gasteiger partial charge on any atom is -0.530 e. The minimum absolute atomic E-state index is 0.0370. The molecule has 0 bridgehead atoms. The molecule has 0 saturated heterocycles. The largest absolute Gasteiger partial charge is 0.530 e. The first-order chi connectivity index (χ1) is 4.86. The highest BCUT2D eigenvalue weighted by Crippen LogP contribution is 1.70. The number of carbonyl (C=O) groups is 1. The molecule has 0 aliphatic rings. The van der Waals surface area contributed by atoms with Gasteiger partial charge in [-0.2, -0.15) is 0 Å². The molecule has 0 heterocycles. The molecule has 0 aromatic heterocycles. The Kier molecular flexibility index (Phi) is 8.58. The van der Waals surface area contributed by atoms with Crippen molar-refractivity contribution < 1.29 is 15.6 Å². The third-order valence-corrected chi connectivity index (χ3v) is 0.407. The summed E-state index contributed by atoms with van der Waals surface area (Å²) in [5, 5.41) is 11.7. The van der Waals surface area contributed by atoms with Crippen molar-refractivity contribution in [3.8, 4) is 0 Å². The molecule has 0 aromatic rings. The molecule has 0 radical (unpaired) electrons. The van der Waals surface area contributed by atoms with Crippen LogP contribution in [0.2, 0.25) is 0 Å². The van der Waals surface area contributed by atoms with E-state index in [-0.39, 0.29) is 6.04 Å². The topological polar surface area (TPSA) is 79.8 Å². The van der Waals surface area contributed by atoms with Gasteiger partial charge in [-0.3, -0.25) is 0 Å². The van der Waals surface area contributed by atoms with E-state index in [4.69, 9.17) is 0 Å². The van der Waals surface area contributed by atoms with Crippen LogP contribution in [-0.4, -0.2) is 18.2 Å². The molecule has 68 valence electrons. The van der Waals surface area contributed by atoms with Gasteiger partial charge in [-0.25, -0.2) is 0 Å². The summed E-state index contributed by atoms with van der Waals surface area (Å²) in [4.78, 5) is 9.59. The predicted molar refractivity (Wildman–Crippen MR) is 41.7 cm³/mol. The number of carbonyl (C=O) groups excluding carboxylic acids is 1. The second kappa shape index (κ2) is 7.34. The Balaban J connectivity index is 0. The molecule has 4 nitrogen and oxygen atoms in total. The van der Waals surface area contributed by atoms with Crippen LogP contribution in [0, 0.1) is 0 Å². The highest BCUT2D eigenvalue weighted by atomic mass is 16.4. The molecule has 0 aliphatic heterocycles. The average Bonchev–Trinajstić information content (AvgIpc) is 1.56. The van der Waals surface area contributed by atoms with Gasteiger partial charge in [-0.15, -0.1) is 0 Å². The summed E-state index contributed by atoms with van der Waals surface area (Å²) in [5.74, 6) is 0. The fraction of sp³-hybridized carbons (Fsp3) is 0.857. The summed E-state index contributed by atoms with van der Waals surface area (Å²) in [6.07, 6.45) is -1.21. The van der Waals surface area contributed by atoms with Gasteiger partial charge in [0.2, 0.25) is 0 Å². The molecule has 0 aliphatic carbocycles. The number of quaternary nitrogens is 1. The Bertz CT molecular complexity index is 99.9. The first kappa shape index (κ1) is 12.9. The van der Waals surface area contributed by atoms with Gasteiger partial charge in [0.25, 0.3) is 0 Å². The SMILES string of the molecule is CC(C)NC(=O)[O-].CC(C)[NH3+]. The lowest BCUT2D eigenvalue weighted by molar-refractivity contribution is -0.407. The molecule has 0 aromatic carbocycles. The summed E-state index contributed by atoms with van der Waals surface area (Å²) >= 11 is 0. The zero-order chi connectivity index (χ0) is 9.44. The lowest BCUT2D eigenvalue weighted by Gasteiger charge is -2.07. The van der Waals surface area contributed by atoms with Crippen molar-refractivity contribution >= 4 is 6.09 Å². The molecular formula is C7H18N2O2. The Labute approximate surface area is 67.8 Å². The zero-order valence-corrected chi connectivity index (χ0v) is 7.68. The molecule has 1 amide bonds. The van der Waals surface area contributed by atoms with Crippen molar-refractivity contribution in [2.24, 2.45) is 0 Å². The van der Waals surface area contributed by atoms with Crippen molar-refractivity contribution in [1.29, 1.82) is 0 Å². The molecule has 11 heavy (non-hydrogen) atoms. The fourth-order valence-electron chi connectivity index (χ4n) is 0.236. The van der Waals surface area contributed by atoms with Crippen molar-refractivity contribution in [2.75, 3.05) is 0 Å². The Hall–Kier alpha value is -0.770. The van der Waals surface area contributed by atoms with Crippen LogP contribution in [-0.2, 0) is 0 Å². The predicted octanol–water partition coefficient (Wildman–Crippen LogP) is -1.04. The minimum atomic E-state index is -1.21. The molecule has 4 heteroatoms. The first-order valence-electron chi connectivity index (χ1n) is 3.66. The Morgan fingerprint density at radius 2 is 1.64 bits per heavy atom. The summed E-state index contributed by atoms with van der Waals surface area (Å²) in [6, 6.07) is 0.546. The standard InChI is InChI=1S/C4H9NO2.C3H9N/c1-3(2)5-4(6)7;1-3(2)4/h3,5H,1-2H3,(H,6,7);3H,4H2,1-2H3. The van der Waals surface area contributed by atoms with E-state index < -0.39 is 6.09 Å². The second-order valence-electron chi connectivity index (χ2n) is 2.98.